The number of hydrogen-bond acceptors (Lipinski definition) is 4. The lowest BCUT2D eigenvalue weighted by atomic mass is 10.0. The number of morpholine rings is 1. The highest BCUT2D eigenvalue weighted by Crippen LogP contribution is 2.13. The van der Waals surface area contributed by atoms with Gasteiger partial charge in [0.1, 0.15) is 0 Å². The summed E-state index contributed by atoms with van der Waals surface area (Å²) in [7, 11) is 0. The highest BCUT2D eigenvalue weighted by Gasteiger charge is 2.26. The van der Waals surface area contributed by atoms with Crippen LogP contribution in [0.1, 0.15) is 20.3 Å². The Kier molecular flexibility index (Phi) is 5.25. The van der Waals surface area contributed by atoms with E-state index in [-0.39, 0.29) is 12.1 Å². The van der Waals surface area contributed by atoms with Crippen molar-refractivity contribution < 1.29 is 4.74 Å². The van der Waals surface area contributed by atoms with E-state index in [1.165, 1.54) is 0 Å². The van der Waals surface area contributed by atoms with Crippen molar-refractivity contribution in [3.05, 3.63) is 12.2 Å². The molecular weight excluding hydrogens is 190 g/mol. The Morgan fingerprint density at radius 2 is 2.47 bits per heavy atom. The molecule has 1 heterocycles. The molecule has 0 aromatic rings. The average molecular weight is 213 g/mol. The second-order valence-corrected chi connectivity index (χ2v) is 4.24. The summed E-state index contributed by atoms with van der Waals surface area (Å²) in [6, 6.07) is 0.178. The van der Waals surface area contributed by atoms with E-state index >= 15 is 0 Å². The summed E-state index contributed by atoms with van der Waals surface area (Å²) >= 11 is 0. The number of rotatable bonds is 5. The Morgan fingerprint density at radius 1 is 1.73 bits per heavy atom. The van der Waals surface area contributed by atoms with Crippen LogP contribution in [0.4, 0.5) is 0 Å². The molecule has 4 heteroatoms. The first-order valence-electron chi connectivity index (χ1n) is 5.61. The predicted molar refractivity (Wildman–Crippen MR) is 62.4 cm³/mol. The molecule has 1 fully saturated rings. The highest BCUT2D eigenvalue weighted by atomic mass is 16.5. The van der Waals surface area contributed by atoms with Gasteiger partial charge < -0.3 is 4.74 Å². The van der Waals surface area contributed by atoms with Crippen molar-refractivity contribution in [3.63, 3.8) is 0 Å². The molecule has 1 aliphatic rings. The lowest BCUT2D eigenvalue weighted by Gasteiger charge is -2.36. The normalized spacial score (nSPS) is 25.1. The van der Waals surface area contributed by atoms with Gasteiger partial charge in [0.25, 0.3) is 0 Å². The molecule has 0 aromatic carbocycles. The largest absolute Gasteiger partial charge is 0.374 e. The van der Waals surface area contributed by atoms with Crippen LogP contribution in [0.5, 0.6) is 0 Å². The van der Waals surface area contributed by atoms with Gasteiger partial charge in [0, 0.05) is 13.1 Å². The molecule has 0 saturated carbocycles. The van der Waals surface area contributed by atoms with Crippen LogP contribution >= 0.6 is 0 Å². The fourth-order valence-corrected chi connectivity index (χ4v) is 1.94. The van der Waals surface area contributed by atoms with E-state index in [9.17, 15) is 0 Å². The Hall–Kier alpha value is -0.420. The van der Waals surface area contributed by atoms with Crippen LogP contribution < -0.4 is 11.3 Å². The predicted octanol–water partition coefficient (Wildman–Crippen LogP) is 0.505. The van der Waals surface area contributed by atoms with E-state index in [0.717, 1.165) is 38.2 Å². The van der Waals surface area contributed by atoms with Crippen molar-refractivity contribution in [2.75, 3.05) is 26.2 Å². The summed E-state index contributed by atoms with van der Waals surface area (Å²) in [4.78, 5) is 2.39. The quantitative estimate of drug-likeness (QED) is 0.397. The molecule has 0 radical (unpaired) electrons. The minimum atomic E-state index is 0.178. The van der Waals surface area contributed by atoms with Crippen LogP contribution in [0.3, 0.4) is 0 Å². The van der Waals surface area contributed by atoms with Crippen molar-refractivity contribution in [2.24, 2.45) is 5.84 Å². The van der Waals surface area contributed by atoms with Crippen molar-refractivity contribution in [3.8, 4) is 0 Å². The maximum Gasteiger partial charge on any atom is 0.0871 e. The number of nitrogens with zero attached hydrogens (tertiary/aromatic N) is 1. The first-order valence-corrected chi connectivity index (χ1v) is 5.61. The standard InChI is InChI=1S/C11H23N3O/c1-4-14-5-6-15-11(8-14)10(13-12)7-9(2)3/h10-11,13H,2,4-8,12H2,1,3H3. The summed E-state index contributed by atoms with van der Waals surface area (Å²) in [5.41, 5.74) is 3.97. The summed E-state index contributed by atoms with van der Waals surface area (Å²) in [5.74, 6) is 5.55. The maximum absolute atomic E-state index is 5.74. The molecule has 1 saturated heterocycles. The molecule has 15 heavy (non-hydrogen) atoms. The molecular formula is C11H23N3O. The third-order valence-corrected chi connectivity index (χ3v) is 2.86. The van der Waals surface area contributed by atoms with Crippen LogP contribution in [0, 0.1) is 0 Å². The van der Waals surface area contributed by atoms with Crippen LogP contribution in [0.25, 0.3) is 0 Å². The van der Waals surface area contributed by atoms with Crippen molar-refractivity contribution in [1.82, 2.24) is 10.3 Å². The first kappa shape index (κ1) is 12.6. The smallest absolute Gasteiger partial charge is 0.0871 e. The first-order chi connectivity index (χ1) is 7.17. The van der Waals surface area contributed by atoms with Gasteiger partial charge in [-0.1, -0.05) is 12.5 Å². The van der Waals surface area contributed by atoms with Crippen LogP contribution in [0.2, 0.25) is 0 Å². The molecule has 1 aliphatic heterocycles. The van der Waals surface area contributed by atoms with Crippen LogP contribution in [-0.2, 0) is 4.74 Å². The lowest BCUT2D eigenvalue weighted by Crippen LogP contribution is -2.53. The number of nitrogens with one attached hydrogen (secondary N) is 1. The Bertz CT molecular complexity index is 208. The Morgan fingerprint density at radius 3 is 3.00 bits per heavy atom. The van der Waals surface area contributed by atoms with Gasteiger partial charge in [0.2, 0.25) is 0 Å². The van der Waals surface area contributed by atoms with E-state index in [1.54, 1.807) is 0 Å². The maximum atomic E-state index is 5.74. The molecule has 0 spiro atoms. The topological polar surface area (TPSA) is 50.5 Å². The Balaban J connectivity index is 2.47. The molecule has 4 nitrogen and oxygen atoms in total. The monoisotopic (exact) mass is 213 g/mol. The zero-order valence-electron chi connectivity index (χ0n) is 9.83. The third-order valence-electron chi connectivity index (χ3n) is 2.86. The zero-order valence-corrected chi connectivity index (χ0v) is 9.83. The Labute approximate surface area is 92.4 Å². The molecule has 1 rings (SSSR count). The highest BCUT2D eigenvalue weighted by molar-refractivity contribution is 4.96. The number of ether oxygens (including phenoxy) is 1. The van der Waals surface area contributed by atoms with Crippen molar-refractivity contribution in [2.45, 2.75) is 32.4 Å². The summed E-state index contributed by atoms with van der Waals surface area (Å²) in [6.45, 7) is 12.0. The number of hydrazine groups is 1. The van der Waals surface area contributed by atoms with E-state index in [1.807, 2.05) is 6.92 Å². The van der Waals surface area contributed by atoms with Gasteiger partial charge in [-0.25, -0.2) is 0 Å². The zero-order chi connectivity index (χ0) is 11.3. The number of likely N-dealkylation sites (N-methyl/N-ethyl adjacent to an activating group) is 1. The average Bonchev–Trinajstić information content (AvgIpc) is 2.25. The van der Waals surface area contributed by atoms with Gasteiger partial charge in [-0.05, 0) is 19.9 Å². The molecule has 88 valence electrons. The van der Waals surface area contributed by atoms with Gasteiger partial charge in [-0.3, -0.25) is 16.2 Å². The molecule has 0 amide bonds. The molecule has 3 N–H and O–H groups in total. The van der Waals surface area contributed by atoms with E-state index in [4.69, 9.17) is 10.6 Å². The van der Waals surface area contributed by atoms with E-state index < -0.39 is 0 Å². The van der Waals surface area contributed by atoms with Gasteiger partial charge in [-0.2, -0.15) is 0 Å². The van der Waals surface area contributed by atoms with Gasteiger partial charge in [-0.15, -0.1) is 6.58 Å². The second-order valence-electron chi connectivity index (χ2n) is 4.24. The summed E-state index contributed by atoms with van der Waals surface area (Å²) < 4.78 is 5.74. The van der Waals surface area contributed by atoms with E-state index in [0.29, 0.717) is 0 Å². The lowest BCUT2D eigenvalue weighted by molar-refractivity contribution is -0.0447. The van der Waals surface area contributed by atoms with Crippen LogP contribution in [-0.4, -0.2) is 43.3 Å². The van der Waals surface area contributed by atoms with Gasteiger partial charge in [0.15, 0.2) is 0 Å². The SMILES string of the molecule is C=C(C)CC(NN)C1CN(CC)CCO1. The number of nitrogens with two attached hydrogens (primary N) is 1. The summed E-state index contributed by atoms with van der Waals surface area (Å²) in [5, 5.41) is 0. The van der Waals surface area contributed by atoms with Gasteiger partial charge in [0.05, 0.1) is 18.8 Å². The van der Waals surface area contributed by atoms with Crippen LogP contribution in [0.15, 0.2) is 12.2 Å². The molecule has 2 atom stereocenters. The van der Waals surface area contributed by atoms with Crippen molar-refractivity contribution in [1.29, 1.82) is 0 Å². The van der Waals surface area contributed by atoms with E-state index in [2.05, 4.69) is 23.8 Å². The molecule has 0 aromatic heterocycles. The minimum Gasteiger partial charge on any atom is -0.374 e. The second kappa shape index (κ2) is 6.23. The summed E-state index contributed by atoms with van der Waals surface area (Å²) in [6.07, 6.45) is 1.05. The molecule has 0 aliphatic carbocycles. The molecule has 0 bridgehead atoms. The number of hydrogen-bond donors (Lipinski definition) is 2. The fraction of sp³-hybridized carbons (Fsp3) is 0.818. The third kappa shape index (κ3) is 3.91. The van der Waals surface area contributed by atoms with Crippen molar-refractivity contribution >= 4 is 0 Å². The fourth-order valence-electron chi connectivity index (χ4n) is 1.94. The minimum absolute atomic E-state index is 0.178. The molecule has 2 unspecified atom stereocenters. The van der Waals surface area contributed by atoms with Gasteiger partial charge >= 0.3 is 0 Å².